The summed E-state index contributed by atoms with van der Waals surface area (Å²) < 4.78 is 16.4. The van der Waals surface area contributed by atoms with Gasteiger partial charge in [0, 0.05) is 12.8 Å². The lowest BCUT2D eigenvalue weighted by Gasteiger charge is -2.15. The van der Waals surface area contributed by atoms with E-state index in [2.05, 4.69) is 32.9 Å². The molecule has 0 spiro atoms. The minimum absolute atomic E-state index is 0.0717. The van der Waals surface area contributed by atoms with Gasteiger partial charge < -0.3 is 19.3 Å². The van der Waals surface area contributed by atoms with Crippen molar-refractivity contribution in [3.63, 3.8) is 0 Å². The topological polar surface area (TPSA) is 85.4 Å². The van der Waals surface area contributed by atoms with Gasteiger partial charge in [-0.05, 0) is 44.4 Å². The number of esters is 2. The van der Waals surface area contributed by atoms with Crippen LogP contribution in [0.25, 0.3) is 0 Å². The molecule has 6 nitrogen and oxygen atoms in total. The number of hydrogen-bond donors (Lipinski definition) is 1. The number of aliphatic hydroxyl groups excluding tert-OH is 1. The zero-order valence-electron chi connectivity index (χ0n) is 29.8. The summed E-state index contributed by atoms with van der Waals surface area (Å²) in [6.07, 6.45) is 34.3. The van der Waals surface area contributed by atoms with Crippen LogP contribution in [0.4, 0.5) is 0 Å². The maximum absolute atomic E-state index is 12.2. The van der Waals surface area contributed by atoms with E-state index in [1.807, 2.05) is 0 Å². The van der Waals surface area contributed by atoms with Crippen LogP contribution in [0.5, 0.6) is 0 Å². The maximum atomic E-state index is 12.2. The molecule has 0 bridgehead atoms. The maximum Gasteiger partial charge on any atom is 0.306 e. The van der Waals surface area contributed by atoms with E-state index in [0.717, 1.165) is 63.7 Å². The van der Waals surface area contributed by atoms with Gasteiger partial charge in [0.15, 0.2) is 6.10 Å². The van der Waals surface area contributed by atoms with Gasteiger partial charge in [0.05, 0.1) is 18.8 Å². The minimum Gasteiger partial charge on any atom is -0.462 e. The van der Waals surface area contributed by atoms with Gasteiger partial charge in [0.1, 0.15) is 6.61 Å². The molecule has 1 aliphatic heterocycles. The Morgan fingerprint density at radius 3 is 1.82 bits per heavy atom. The highest BCUT2D eigenvalue weighted by molar-refractivity contribution is 5.70. The number of rotatable bonds is 33. The molecule has 0 aromatic rings. The highest BCUT2D eigenvalue weighted by atomic mass is 16.6. The standard InChI is InChI=1S/C39H72O6/c1-4-5-6-7-18-23-28-36-37(45-36)29-24-19-16-21-26-31-39(42)44-35(32-40)33-43-38(41)30-25-20-15-13-11-9-8-10-12-14-17-22-27-34(2)3/h18,23,34-37,40H,4-17,19-22,24-33H2,1-3H3/b23-18-/t35-,36?,37?/m0/s1. The molecule has 1 N–H and O–H groups in total. The quantitative estimate of drug-likeness (QED) is 0.0334. The van der Waals surface area contributed by atoms with Crippen molar-refractivity contribution in [1.82, 2.24) is 0 Å². The first-order valence-corrected chi connectivity index (χ1v) is 19.2. The van der Waals surface area contributed by atoms with E-state index in [4.69, 9.17) is 14.2 Å². The van der Waals surface area contributed by atoms with Gasteiger partial charge in [-0.1, -0.05) is 148 Å². The molecule has 1 aliphatic rings. The van der Waals surface area contributed by atoms with E-state index in [9.17, 15) is 14.7 Å². The highest BCUT2D eigenvalue weighted by Crippen LogP contribution is 2.30. The molecule has 264 valence electrons. The summed E-state index contributed by atoms with van der Waals surface area (Å²) >= 11 is 0. The normalized spacial score (nSPS) is 16.8. The second-order valence-electron chi connectivity index (χ2n) is 13.9. The zero-order chi connectivity index (χ0) is 32.8. The van der Waals surface area contributed by atoms with Crippen LogP contribution in [0, 0.1) is 5.92 Å². The van der Waals surface area contributed by atoms with Crippen LogP contribution in [0.15, 0.2) is 12.2 Å². The Balaban J connectivity index is 1.88. The number of hydrogen-bond acceptors (Lipinski definition) is 6. The third-order valence-corrected chi connectivity index (χ3v) is 8.91. The van der Waals surface area contributed by atoms with E-state index in [0.29, 0.717) is 25.0 Å². The highest BCUT2D eigenvalue weighted by Gasteiger charge is 2.36. The molecule has 1 saturated heterocycles. The molecule has 1 heterocycles. The van der Waals surface area contributed by atoms with Gasteiger partial charge in [-0.25, -0.2) is 0 Å². The Morgan fingerprint density at radius 2 is 1.24 bits per heavy atom. The van der Waals surface area contributed by atoms with Crippen LogP contribution in [0.3, 0.4) is 0 Å². The van der Waals surface area contributed by atoms with Gasteiger partial charge in [0.25, 0.3) is 0 Å². The van der Waals surface area contributed by atoms with Crippen LogP contribution in [-0.2, 0) is 23.8 Å². The van der Waals surface area contributed by atoms with Crippen molar-refractivity contribution in [1.29, 1.82) is 0 Å². The molecule has 0 aromatic carbocycles. The Morgan fingerprint density at radius 1 is 0.689 bits per heavy atom. The van der Waals surface area contributed by atoms with Crippen LogP contribution in [0.2, 0.25) is 0 Å². The van der Waals surface area contributed by atoms with Crippen molar-refractivity contribution in [3.8, 4) is 0 Å². The monoisotopic (exact) mass is 637 g/mol. The fraction of sp³-hybridized carbons (Fsp3) is 0.897. The van der Waals surface area contributed by atoms with E-state index in [1.165, 1.54) is 96.3 Å². The van der Waals surface area contributed by atoms with Crippen LogP contribution >= 0.6 is 0 Å². The molecule has 0 aromatic heterocycles. The van der Waals surface area contributed by atoms with Gasteiger partial charge in [-0.3, -0.25) is 9.59 Å². The second-order valence-corrected chi connectivity index (χ2v) is 13.9. The molecule has 0 radical (unpaired) electrons. The van der Waals surface area contributed by atoms with Crippen molar-refractivity contribution < 1.29 is 28.9 Å². The van der Waals surface area contributed by atoms with E-state index in [-0.39, 0.29) is 25.2 Å². The molecule has 45 heavy (non-hydrogen) atoms. The summed E-state index contributed by atoms with van der Waals surface area (Å²) in [6.45, 7) is 6.44. The minimum atomic E-state index is -0.779. The molecule has 3 atom stereocenters. The van der Waals surface area contributed by atoms with Gasteiger partial charge in [-0.2, -0.15) is 0 Å². The number of carbonyl (C=O) groups excluding carboxylic acids is 2. The third-order valence-electron chi connectivity index (χ3n) is 8.91. The largest absolute Gasteiger partial charge is 0.462 e. The van der Waals surface area contributed by atoms with Crippen LogP contribution < -0.4 is 0 Å². The summed E-state index contributed by atoms with van der Waals surface area (Å²) in [7, 11) is 0. The zero-order valence-corrected chi connectivity index (χ0v) is 29.8. The molecule has 0 aliphatic carbocycles. The second kappa shape index (κ2) is 30.0. The van der Waals surface area contributed by atoms with Crippen molar-refractivity contribution in [2.24, 2.45) is 5.92 Å². The number of allylic oxidation sites excluding steroid dienone is 1. The van der Waals surface area contributed by atoms with E-state index in [1.54, 1.807) is 0 Å². The van der Waals surface area contributed by atoms with Crippen LogP contribution in [-0.4, -0.2) is 48.6 Å². The molecule has 1 fully saturated rings. The fourth-order valence-electron chi connectivity index (χ4n) is 5.86. The van der Waals surface area contributed by atoms with Crippen molar-refractivity contribution in [3.05, 3.63) is 12.2 Å². The van der Waals surface area contributed by atoms with Crippen molar-refractivity contribution >= 4 is 11.9 Å². The summed E-state index contributed by atoms with van der Waals surface area (Å²) in [4.78, 5) is 24.3. The van der Waals surface area contributed by atoms with E-state index >= 15 is 0 Å². The average Bonchev–Trinajstić information content (AvgIpc) is 3.78. The van der Waals surface area contributed by atoms with Gasteiger partial charge >= 0.3 is 11.9 Å². The average molecular weight is 637 g/mol. The van der Waals surface area contributed by atoms with Gasteiger partial charge in [0.2, 0.25) is 0 Å². The lowest BCUT2D eigenvalue weighted by molar-refractivity contribution is -0.161. The number of carbonyl (C=O) groups is 2. The summed E-state index contributed by atoms with van der Waals surface area (Å²) in [6, 6.07) is 0. The number of unbranched alkanes of at least 4 members (excludes halogenated alkanes) is 18. The third kappa shape index (κ3) is 27.4. The van der Waals surface area contributed by atoms with Gasteiger partial charge in [-0.15, -0.1) is 0 Å². The lowest BCUT2D eigenvalue weighted by Crippen LogP contribution is -2.28. The SMILES string of the molecule is CCCCC/C=C\CC1OC1CCCCCCCC(=O)O[C@@H](CO)COC(=O)CCCCCCCCCCCCCCC(C)C. The Labute approximate surface area is 277 Å². The van der Waals surface area contributed by atoms with Crippen molar-refractivity contribution in [2.45, 2.75) is 206 Å². The summed E-state index contributed by atoms with van der Waals surface area (Å²) in [5.74, 6) is 0.231. The number of epoxide rings is 1. The first-order valence-electron chi connectivity index (χ1n) is 19.2. The molecule has 1 rings (SSSR count). The number of aliphatic hydroxyl groups is 1. The van der Waals surface area contributed by atoms with Crippen LogP contribution in [0.1, 0.15) is 188 Å². The molecule has 0 amide bonds. The molecule has 0 saturated carbocycles. The Hall–Kier alpha value is -1.40. The summed E-state index contributed by atoms with van der Waals surface area (Å²) in [5, 5.41) is 9.55. The first kappa shape index (κ1) is 41.6. The summed E-state index contributed by atoms with van der Waals surface area (Å²) in [5.41, 5.74) is 0. The molecular weight excluding hydrogens is 564 g/mol. The smallest absolute Gasteiger partial charge is 0.306 e. The first-order chi connectivity index (χ1) is 22.0. The predicted molar refractivity (Wildman–Crippen MR) is 186 cm³/mol. The fourth-order valence-corrected chi connectivity index (χ4v) is 5.86. The molecular formula is C39H72O6. The lowest BCUT2D eigenvalue weighted by atomic mass is 10.0. The van der Waals surface area contributed by atoms with Crippen molar-refractivity contribution in [2.75, 3.05) is 13.2 Å². The number of ether oxygens (including phenoxy) is 3. The predicted octanol–water partition coefficient (Wildman–Crippen LogP) is 10.6. The Kier molecular flexibility index (Phi) is 27.7. The molecule has 6 heteroatoms. The van der Waals surface area contributed by atoms with E-state index < -0.39 is 6.10 Å². The Bertz CT molecular complexity index is 720. The molecule has 2 unspecified atom stereocenters.